The SMILES string of the molecule is Cc1[nH]c(=O)c(C(=O)N(C)CC(=O)O)cc1I. The number of likely N-dealkylation sites (N-methyl/N-ethyl adjacent to an activating group) is 1. The summed E-state index contributed by atoms with van der Waals surface area (Å²) in [5.41, 5.74) is 0.113. The van der Waals surface area contributed by atoms with Gasteiger partial charge in [0.1, 0.15) is 12.1 Å². The molecule has 0 saturated carbocycles. The first kappa shape index (κ1) is 13.7. The summed E-state index contributed by atoms with van der Waals surface area (Å²) >= 11 is 1.99. The Morgan fingerprint density at radius 3 is 2.65 bits per heavy atom. The van der Waals surface area contributed by atoms with E-state index < -0.39 is 24.0 Å². The summed E-state index contributed by atoms with van der Waals surface area (Å²) in [6.07, 6.45) is 0. The predicted octanol–water partition coefficient (Wildman–Crippen LogP) is 0.445. The Balaban J connectivity index is 3.09. The number of aromatic amines is 1. The van der Waals surface area contributed by atoms with E-state index in [-0.39, 0.29) is 5.56 Å². The molecule has 0 aliphatic rings. The lowest BCUT2D eigenvalue weighted by atomic mass is 10.2. The number of nitrogens with one attached hydrogen (secondary N) is 1. The number of carboxylic acids is 1. The lowest BCUT2D eigenvalue weighted by Crippen LogP contribution is -2.35. The Hall–Kier alpha value is -1.38. The number of pyridine rings is 1. The average Bonchev–Trinajstić information content (AvgIpc) is 2.21. The van der Waals surface area contributed by atoms with Gasteiger partial charge in [-0.2, -0.15) is 0 Å². The molecular formula is C10H11IN2O4. The van der Waals surface area contributed by atoms with Gasteiger partial charge in [-0.05, 0) is 35.6 Å². The van der Waals surface area contributed by atoms with E-state index in [0.29, 0.717) is 5.69 Å². The third kappa shape index (κ3) is 3.29. The van der Waals surface area contributed by atoms with Crippen molar-refractivity contribution in [3.8, 4) is 0 Å². The number of aromatic nitrogens is 1. The summed E-state index contributed by atoms with van der Waals surface area (Å²) in [7, 11) is 1.34. The van der Waals surface area contributed by atoms with Gasteiger partial charge in [0, 0.05) is 16.3 Å². The van der Waals surface area contributed by atoms with E-state index in [1.54, 1.807) is 6.92 Å². The number of amides is 1. The Morgan fingerprint density at radius 1 is 1.53 bits per heavy atom. The molecule has 0 spiro atoms. The summed E-state index contributed by atoms with van der Waals surface area (Å²) in [5.74, 6) is -1.73. The molecule has 0 aliphatic heterocycles. The highest BCUT2D eigenvalue weighted by atomic mass is 127. The second kappa shape index (κ2) is 5.30. The fraction of sp³-hybridized carbons (Fsp3) is 0.300. The summed E-state index contributed by atoms with van der Waals surface area (Å²) in [6, 6.07) is 1.45. The van der Waals surface area contributed by atoms with Crippen LogP contribution in [0.5, 0.6) is 0 Å². The number of carbonyl (C=O) groups is 2. The highest BCUT2D eigenvalue weighted by molar-refractivity contribution is 14.1. The van der Waals surface area contributed by atoms with Gasteiger partial charge in [-0.1, -0.05) is 0 Å². The molecule has 0 aromatic carbocycles. The molecule has 0 atom stereocenters. The number of nitrogens with zero attached hydrogens (tertiary/aromatic N) is 1. The number of rotatable bonds is 3. The largest absolute Gasteiger partial charge is 0.480 e. The highest BCUT2D eigenvalue weighted by Crippen LogP contribution is 2.09. The molecule has 1 rings (SSSR count). The fourth-order valence-electron chi connectivity index (χ4n) is 1.24. The van der Waals surface area contributed by atoms with E-state index in [2.05, 4.69) is 4.98 Å². The maximum Gasteiger partial charge on any atom is 0.323 e. The van der Waals surface area contributed by atoms with Gasteiger partial charge in [0.2, 0.25) is 0 Å². The highest BCUT2D eigenvalue weighted by Gasteiger charge is 2.18. The van der Waals surface area contributed by atoms with Gasteiger partial charge < -0.3 is 15.0 Å². The van der Waals surface area contributed by atoms with E-state index in [9.17, 15) is 14.4 Å². The van der Waals surface area contributed by atoms with Crippen molar-refractivity contribution >= 4 is 34.5 Å². The number of carbonyl (C=O) groups excluding carboxylic acids is 1. The minimum Gasteiger partial charge on any atom is -0.480 e. The van der Waals surface area contributed by atoms with Crippen LogP contribution < -0.4 is 5.56 Å². The molecule has 92 valence electrons. The van der Waals surface area contributed by atoms with E-state index in [1.807, 2.05) is 22.6 Å². The van der Waals surface area contributed by atoms with Crippen LogP contribution in [-0.4, -0.2) is 40.5 Å². The monoisotopic (exact) mass is 350 g/mol. The van der Waals surface area contributed by atoms with Crippen LogP contribution in [0, 0.1) is 10.5 Å². The van der Waals surface area contributed by atoms with Gasteiger partial charge in [-0.25, -0.2) is 0 Å². The third-order valence-electron chi connectivity index (χ3n) is 2.12. The minimum absolute atomic E-state index is 0.0521. The van der Waals surface area contributed by atoms with Crippen molar-refractivity contribution in [1.29, 1.82) is 0 Å². The molecular weight excluding hydrogens is 339 g/mol. The number of hydrogen-bond acceptors (Lipinski definition) is 3. The average molecular weight is 350 g/mol. The van der Waals surface area contributed by atoms with Crippen LogP contribution in [0.2, 0.25) is 0 Å². The number of aryl methyl sites for hydroxylation is 1. The first-order valence-electron chi connectivity index (χ1n) is 4.69. The molecule has 1 aromatic heterocycles. The molecule has 0 bridgehead atoms. The zero-order valence-electron chi connectivity index (χ0n) is 9.28. The smallest absolute Gasteiger partial charge is 0.323 e. The van der Waals surface area contributed by atoms with Gasteiger partial charge in [-0.3, -0.25) is 14.4 Å². The first-order valence-corrected chi connectivity index (χ1v) is 5.77. The molecule has 0 aliphatic carbocycles. The zero-order chi connectivity index (χ0) is 13.2. The van der Waals surface area contributed by atoms with E-state index in [4.69, 9.17) is 5.11 Å². The number of halogens is 1. The van der Waals surface area contributed by atoms with Gasteiger partial charge in [0.15, 0.2) is 0 Å². The molecule has 2 N–H and O–H groups in total. The molecule has 7 heteroatoms. The maximum atomic E-state index is 11.8. The lowest BCUT2D eigenvalue weighted by Gasteiger charge is -2.14. The lowest BCUT2D eigenvalue weighted by molar-refractivity contribution is -0.137. The van der Waals surface area contributed by atoms with Crippen LogP contribution >= 0.6 is 22.6 Å². The molecule has 17 heavy (non-hydrogen) atoms. The van der Waals surface area contributed by atoms with Crippen molar-refractivity contribution < 1.29 is 14.7 Å². The van der Waals surface area contributed by atoms with Crippen molar-refractivity contribution in [2.45, 2.75) is 6.92 Å². The van der Waals surface area contributed by atoms with E-state index >= 15 is 0 Å². The Bertz CT molecular complexity index is 524. The number of hydrogen-bond donors (Lipinski definition) is 2. The van der Waals surface area contributed by atoms with Crippen molar-refractivity contribution in [2.24, 2.45) is 0 Å². The Kier molecular flexibility index (Phi) is 4.27. The number of carboxylic acid groups (broad SMARTS) is 1. The third-order valence-corrected chi connectivity index (χ3v) is 3.24. The summed E-state index contributed by atoms with van der Waals surface area (Å²) in [5, 5.41) is 8.57. The second-order valence-corrected chi connectivity index (χ2v) is 4.70. The van der Waals surface area contributed by atoms with Gasteiger partial charge in [-0.15, -0.1) is 0 Å². The molecule has 1 heterocycles. The molecule has 0 fully saturated rings. The van der Waals surface area contributed by atoms with Gasteiger partial charge in [0.05, 0.1) is 0 Å². The van der Waals surface area contributed by atoms with Crippen molar-refractivity contribution in [2.75, 3.05) is 13.6 Å². The van der Waals surface area contributed by atoms with E-state index in [1.165, 1.54) is 13.1 Å². The van der Waals surface area contributed by atoms with Crippen LogP contribution in [0.3, 0.4) is 0 Å². The number of H-pyrrole nitrogens is 1. The zero-order valence-corrected chi connectivity index (χ0v) is 11.4. The van der Waals surface area contributed by atoms with Crippen LogP contribution in [0.25, 0.3) is 0 Å². The van der Waals surface area contributed by atoms with Crippen molar-refractivity contribution in [3.05, 3.63) is 31.2 Å². The van der Waals surface area contributed by atoms with Crippen LogP contribution in [-0.2, 0) is 4.79 Å². The topological polar surface area (TPSA) is 90.5 Å². The van der Waals surface area contributed by atoms with Crippen LogP contribution in [0.4, 0.5) is 0 Å². The molecule has 0 radical (unpaired) electrons. The molecule has 6 nitrogen and oxygen atoms in total. The summed E-state index contributed by atoms with van der Waals surface area (Å²) in [4.78, 5) is 37.4. The molecule has 1 amide bonds. The Labute approximate surface area is 111 Å². The molecule has 0 saturated heterocycles. The Morgan fingerprint density at radius 2 is 2.12 bits per heavy atom. The minimum atomic E-state index is -1.13. The summed E-state index contributed by atoms with van der Waals surface area (Å²) in [6.45, 7) is 1.28. The summed E-state index contributed by atoms with van der Waals surface area (Å²) < 4.78 is 0.745. The van der Waals surface area contributed by atoms with Gasteiger partial charge >= 0.3 is 5.97 Å². The van der Waals surface area contributed by atoms with Crippen LogP contribution in [0.15, 0.2) is 10.9 Å². The first-order chi connectivity index (χ1) is 7.82. The van der Waals surface area contributed by atoms with Gasteiger partial charge in [0.25, 0.3) is 11.5 Å². The van der Waals surface area contributed by atoms with E-state index in [0.717, 1.165) is 8.47 Å². The molecule has 0 unspecified atom stereocenters. The predicted molar refractivity (Wildman–Crippen MR) is 69.1 cm³/mol. The molecule has 1 aromatic rings. The van der Waals surface area contributed by atoms with Crippen molar-refractivity contribution in [3.63, 3.8) is 0 Å². The standard InChI is InChI=1S/C10H11IN2O4/c1-5-7(11)3-6(9(16)12-5)10(17)13(2)4-8(14)15/h3H,4H2,1-2H3,(H,12,16)(H,14,15). The number of aliphatic carboxylic acids is 1. The quantitative estimate of drug-likeness (QED) is 0.775. The van der Waals surface area contributed by atoms with Crippen molar-refractivity contribution in [1.82, 2.24) is 9.88 Å². The fourth-order valence-corrected chi connectivity index (χ4v) is 1.68. The van der Waals surface area contributed by atoms with Crippen LogP contribution in [0.1, 0.15) is 16.1 Å². The second-order valence-electron chi connectivity index (χ2n) is 3.54. The maximum absolute atomic E-state index is 11.8. The normalized spacial score (nSPS) is 10.1.